The van der Waals surface area contributed by atoms with Crippen LogP contribution in [-0.2, 0) is 6.18 Å². The van der Waals surface area contributed by atoms with E-state index in [1.807, 2.05) is 0 Å². The normalized spacial score (nSPS) is 11.8. The summed E-state index contributed by atoms with van der Waals surface area (Å²) in [4.78, 5) is 2.20. The second-order valence-corrected chi connectivity index (χ2v) is 2.43. The molecule has 0 saturated carbocycles. The van der Waals surface area contributed by atoms with Gasteiger partial charge in [0, 0.05) is 6.20 Å². The van der Waals surface area contributed by atoms with E-state index in [9.17, 15) is 17.6 Å². The molecule has 0 spiro atoms. The smallest absolute Gasteiger partial charge is 0.250 e. The lowest BCUT2D eigenvalue weighted by molar-refractivity contribution is -0.143. The summed E-state index contributed by atoms with van der Waals surface area (Å²) in [6.07, 6.45) is -3.91. The number of pyridine rings is 1. The van der Waals surface area contributed by atoms with Crippen molar-refractivity contribution in [3.8, 4) is 0 Å². The van der Waals surface area contributed by atoms with Crippen molar-refractivity contribution in [2.45, 2.75) is 11.1 Å². The molecule has 0 aliphatic carbocycles. The molecule has 0 saturated heterocycles. The van der Waals surface area contributed by atoms with Crippen LogP contribution in [0.15, 0.2) is 17.2 Å². The van der Waals surface area contributed by atoms with Crippen molar-refractivity contribution in [2.24, 2.45) is 0 Å². The SMILES string of the molecule is Fc1ccnc(C(F)(F)F)c1S. The van der Waals surface area contributed by atoms with Crippen LogP contribution in [0.5, 0.6) is 0 Å². The minimum atomic E-state index is -4.65. The van der Waals surface area contributed by atoms with Gasteiger partial charge in [0.2, 0.25) is 0 Å². The number of hydrogen-bond acceptors (Lipinski definition) is 2. The number of halogens is 4. The van der Waals surface area contributed by atoms with Gasteiger partial charge in [-0.25, -0.2) is 4.39 Å². The topological polar surface area (TPSA) is 12.9 Å². The van der Waals surface area contributed by atoms with Gasteiger partial charge in [-0.1, -0.05) is 0 Å². The molecule has 1 aromatic heterocycles. The van der Waals surface area contributed by atoms with E-state index >= 15 is 0 Å². The molecule has 66 valence electrons. The molecule has 0 N–H and O–H groups in total. The van der Waals surface area contributed by atoms with Gasteiger partial charge in [0.25, 0.3) is 0 Å². The molecule has 1 rings (SSSR count). The Morgan fingerprint density at radius 1 is 1.33 bits per heavy atom. The van der Waals surface area contributed by atoms with Crippen molar-refractivity contribution >= 4 is 12.6 Å². The van der Waals surface area contributed by atoms with E-state index < -0.39 is 22.6 Å². The molecule has 1 aromatic rings. The van der Waals surface area contributed by atoms with E-state index in [0.29, 0.717) is 0 Å². The van der Waals surface area contributed by atoms with Crippen LogP contribution in [0, 0.1) is 5.82 Å². The number of alkyl halides is 3. The number of hydrogen-bond donors (Lipinski definition) is 1. The monoisotopic (exact) mass is 197 g/mol. The predicted molar refractivity (Wildman–Crippen MR) is 36.4 cm³/mol. The Morgan fingerprint density at radius 3 is 2.33 bits per heavy atom. The summed E-state index contributed by atoms with van der Waals surface area (Å²) in [5.41, 5.74) is -1.30. The lowest BCUT2D eigenvalue weighted by Crippen LogP contribution is -2.09. The predicted octanol–water partition coefficient (Wildman–Crippen LogP) is 2.53. The number of thiol groups is 1. The highest BCUT2D eigenvalue weighted by Gasteiger charge is 2.35. The van der Waals surface area contributed by atoms with Crippen molar-refractivity contribution < 1.29 is 17.6 Å². The van der Waals surface area contributed by atoms with E-state index in [0.717, 1.165) is 12.3 Å². The van der Waals surface area contributed by atoms with Crippen LogP contribution < -0.4 is 0 Å². The minimum Gasteiger partial charge on any atom is -0.250 e. The summed E-state index contributed by atoms with van der Waals surface area (Å²) in [6.45, 7) is 0. The van der Waals surface area contributed by atoms with Gasteiger partial charge in [-0.3, -0.25) is 4.98 Å². The molecule has 1 heterocycles. The highest BCUT2D eigenvalue weighted by atomic mass is 32.1. The van der Waals surface area contributed by atoms with Crippen molar-refractivity contribution in [3.63, 3.8) is 0 Å². The van der Waals surface area contributed by atoms with Crippen LogP contribution in [0.1, 0.15) is 5.69 Å². The fourth-order valence-electron chi connectivity index (χ4n) is 0.638. The second kappa shape index (κ2) is 2.93. The molecule has 0 bridgehead atoms. The van der Waals surface area contributed by atoms with Gasteiger partial charge in [-0.2, -0.15) is 13.2 Å². The summed E-state index contributed by atoms with van der Waals surface area (Å²) in [5, 5.41) is 0. The Hall–Kier alpha value is -0.780. The molecule has 0 radical (unpaired) electrons. The Kier molecular flexibility index (Phi) is 2.27. The van der Waals surface area contributed by atoms with Crippen LogP contribution in [0.25, 0.3) is 0 Å². The molecule has 0 aromatic carbocycles. The first-order valence-corrected chi connectivity index (χ1v) is 3.28. The highest BCUT2D eigenvalue weighted by molar-refractivity contribution is 7.80. The Balaban J connectivity index is 3.26. The third-order valence-electron chi connectivity index (χ3n) is 1.14. The first kappa shape index (κ1) is 9.31. The third-order valence-corrected chi connectivity index (χ3v) is 1.57. The van der Waals surface area contributed by atoms with Gasteiger partial charge in [-0.15, -0.1) is 12.6 Å². The van der Waals surface area contributed by atoms with Crippen LogP contribution in [0.3, 0.4) is 0 Å². The Labute approximate surface area is 70.8 Å². The molecule has 0 fully saturated rings. The molecular formula is C6H3F4NS. The van der Waals surface area contributed by atoms with Crippen molar-refractivity contribution in [3.05, 3.63) is 23.8 Å². The average molecular weight is 197 g/mol. The average Bonchev–Trinajstić information content (AvgIpc) is 1.92. The van der Waals surface area contributed by atoms with Gasteiger partial charge in [-0.05, 0) is 6.07 Å². The lowest BCUT2D eigenvalue weighted by atomic mass is 10.3. The molecule has 0 unspecified atom stereocenters. The minimum absolute atomic E-state index is 0.748. The fraction of sp³-hybridized carbons (Fsp3) is 0.167. The van der Waals surface area contributed by atoms with Crippen LogP contribution in [-0.4, -0.2) is 4.98 Å². The Bertz CT molecular complexity index is 296. The van der Waals surface area contributed by atoms with Crippen LogP contribution in [0.2, 0.25) is 0 Å². The highest BCUT2D eigenvalue weighted by Crippen LogP contribution is 2.32. The van der Waals surface area contributed by atoms with E-state index in [-0.39, 0.29) is 0 Å². The number of aromatic nitrogens is 1. The maximum Gasteiger partial charge on any atom is 0.434 e. The fourth-order valence-corrected chi connectivity index (χ4v) is 0.897. The molecule has 0 aliphatic heterocycles. The maximum absolute atomic E-state index is 12.5. The molecule has 1 nitrogen and oxygen atoms in total. The third kappa shape index (κ3) is 1.69. The zero-order chi connectivity index (χ0) is 9.35. The Morgan fingerprint density at radius 2 is 1.92 bits per heavy atom. The summed E-state index contributed by atoms with van der Waals surface area (Å²) in [7, 11) is 0. The summed E-state index contributed by atoms with van der Waals surface area (Å²) < 4.78 is 48.3. The van der Waals surface area contributed by atoms with Crippen molar-refractivity contribution in [2.75, 3.05) is 0 Å². The molecule has 0 amide bonds. The molecule has 6 heteroatoms. The van der Waals surface area contributed by atoms with Gasteiger partial charge >= 0.3 is 6.18 Å². The zero-order valence-electron chi connectivity index (χ0n) is 5.56. The van der Waals surface area contributed by atoms with Crippen molar-refractivity contribution in [1.29, 1.82) is 0 Å². The summed E-state index contributed by atoms with van der Waals surface area (Å²) in [6, 6.07) is 0.817. The largest absolute Gasteiger partial charge is 0.434 e. The molecule has 0 atom stereocenters. The number of nitrogens with zero attached hydrogens (tertiary/aromatic N) is 1. The maximum atomic E-state index is 12.5. The first-order chi connectivity index (χ1) is 5.43. The standard InChI is InChI=1S/C6H3F4NS/c7-3-1-2-11-5(4(3)12)6(8,9)10/h1-2,12H. The zero-order valence-corrected chi connectivity index (χ0v) is 6.46. The first-order valence-electron chi connectivity index (χ1n) is 2.83. The van der Waals surface area contributed by atoms with Gasteiger partial charge in [0.15, 0.2) is 5.69 Å². The number of rotatable bonds is 0. The van der Waals surface area contributed by atoms with Gasteiger partial charge < -0.3 is 0 Å². The van der Waals surface area contributed by atoms with E-state index in [4.69, 9.17) is 0 Å². The second-order valence-electron chi connectivity index (χ2n) is 1.99. The van der Waals surface area contributed by atoms with E-state index in [2.05, 4.69) is 17.6 Å². The van der Waals surface area contributed by atoms with Crippen LogP contribution >= 0.6 is 12.6 Å². The van der Waals surface area contributed by atoms with Crippen LogP contribution in [0.4, 0.5) is 17.6 Å². The van der Waals surface area contributed by atoms with Gasteiger partial charge in [0.05, 0.1) is 4.90 Å². The van der Waals surface area contributed by atoms with E-state index in [1.165, 1.54) is 0 Å². The van der Waals surface area contributed by atoms with E-state index in [1.54, 1.807) is 0 Å². The quantitative estimate of drug-likeness (QED) is 0.498. The lowest BCUT2D eigenvalue weighted by Gasteiger charge is -2.07. The van der Waals surface area contributed by atoms with Gasteiger partial charge in [0.1, 0.15) is 5.82 Å². The molecular weight excluding hydrogens is 194 g/mol. The summed E-state index contributed by atoms with van der Waals surface area (Å²) in [5.74, 6) is -1.03. The summed E-state index contributed by atoms with van der Waals surface area (Å²) >= 11 is 3.35. The van der Waals surface area contributed by atoms with Crippen molar-refractivity contribution in [1.82, 2.24) is 4.98 Å². The molecule has 12 heavy (non-hydrogen) atoms. The molecule has 0 aliphatic rings.